The minimum atomic E-state index is -1.01. The average molecular weight is 671 g/mol. The molecule has 7 N–H and O–H groups in total. The molecule has 1 saturated heterocycles. The summed E-state index contributed by atoms with van der Waals surface area (Å²) in [6.07, 6.45) is 4.74. The minimum absolute atomic E-state index is 0.0623. The maximum Gasteiger partial charge on any atom is 0.255 e. The van der Waals surface area contributed by atoms with Crippen molar-refractivity contribution >= 4 is 35.5 Å². The Bertz CT molecular complexity index is 1370. The van der Waals surface area contributed by atoms with Crippen LogP contribution in [-0.4, -0.2) is 97.5 Å². The van der Waals surface area contributed by atoms with E-state index in [9.17, 15) is 19.2 Å². The molecule has 1 saturated carbocycles. The molecule has 2 fully saturated rings. The zero-order valence-electron chi connectivity index (χ0n) is 29.6. The molecule has 0 unspecified atom stereocenters. The molecule has 13 heteroatoms. The normalized spacial score (nSPS) is 21.6. The maximum atomic E-state index is 15.7. The van der Waals surface area contributed by atoms with E-state index in [1.807, 2.05) is 7.05 Å². The van der Waals surface area contributed by atoms with E-state index in [4.69, 9.17) is 11.5 Å². The second-order valence-electron chi connectivity index (χ2n) is 14.0. The summed E-state index contributed by atoms with van der Waals surface area (Å²) in [6, 6.07) is 2.52. The molecular formula is C35H55FN8O4. The number of hydrogen-bond acceptors (Lipinski definition) is 8. The monoisotopic (exact) mass is 670 g/mol. The number of nitrogens with one attached hydrogen (secondary N) is 3. The molecule has 1 aliphatic carbocycles. The molecule has 1 aromatic carbocycles. The Hall–Kier alpha value is -3.84. The summed E-state index contributed by atoms with van der Waals surface area (Å²) in [5.74, 6) is -2.56. The highest BCUT2D eigenvalue weighted by atomic mass is 19.1. The quantitative estimate of drug-likeness (QED) is 0.168. The molecule has 1 heterocycles. The smallest absolute Gasteiger partial charge is 0.255 e. The van der Waals surface area contributed by atoms with E-state index in [0.29, 0.717) is 37.4 Å². The molecule has 3 rings (SSSR count). The van der Waals surface area contributed by atoms with Gasteiger partial charge in [-0.05, 0) is 63.3 Å². The van der Waals surface area contributed by atoms with Crippen LogP contribution in [0.1, 0.15) is 78.2 Å². The third kappa shape index (κ3) is 10.1. The van der Waals surface area contributed by atoms with Gasteiger partial charge in [-0.1, -0.05) is 39.7 Å². The van der Waals surface area contributed by atoms with Crippen LogP contribution >= 0.6 is 0 Å². The largest absolute Gasteiger partial charge is 0.400 e. The third-order valence-corrected chi connectivity index (χ3v) is 9.58. The van der Waals surface area contributed by atoms with Crippen molar-refractivity contribution in [1.82, 2.24) is 20.4 Å². The first kappa shape index (κ1) is 38.6. The number of halogens is 1. The summed E-state index contributed by atoms with van der Waals surface area (Å²) < 4.78 is 15.7. The van der Waals surface area contributed by atoms with Crippen LogP contribution in [0.25, 0.3) is 0 Å². The fourth-order valence-corrected chi connectivity index (χ4v) is 6.18. The highest BCUT2D eigenvalue weighted by Gasteiger charge is 2.36. The van der Waals surface area contributed by atoms with Crippen molar-refractivity contribution in [2.75, 3.05) is 45.6 Å². The zero-order chi connectivity index (χ0) is 35.8. The standard InChI is InChI=1S/C35H55FN8O4/c1-8-28(45)41-29(34(48)44-17-15-43(7)16-18-44)22(3)24-13-14-27(26(36)19-24)40-33(47)30(23-11-9-21(2)10-12-23)42-32(46)25(20-39-6)31(37)35(4,5)38/h13-14,19-23,29-30H,8-12,15-18,37-38H2,1-7H3,(H,40,47)(H,41,45)(H,42,46)/t21?,22-,23?,29+,30-/m0/s1. The van der Waals surface area contributed by atoms with Gasteiger partial charge in [-0.2, -0.15) is 0 Å². The molecule has 1 aromatic rings. The van der Waals surface area contributed by atoms with E-state index < -0.39 is 41.2 Å². The predicted molar refractivity (Wildman–Crippen MR) is 187 cm³/mol. The zero-order valence-corrected chi connectivity index (χ0v) is 29.6. The summed E-state index contributed by atoms with van der Waals surface area (Å²) in [5, 5.41) is 8.38. The molecule has 0 bridgehead atoms. The number of rotatable bonds is 12. The number of carbonyl (C=O) groups is 4. The van der Waals surface area contributed by atoms with Crippen molar-refractivity contribution in [3.8, 4) is 0 Å². The Labute approximate surface area is 284 Å². The molecule has 48 heavy (non-hydrogen) atoms. The Morgan fingerprint density at radius 3 is 2.25 bits per heavy atom. The highest BCUT2D eigenvalue weighted by Crippen LogP contribution is 2.32. The van der Waals surface area contributed by atoms with Gasteiger partial charge in [-0.3, -0.25) is 24.2 Å². The highest BCUT2D eigenvalue weighted by molar-refractivity contribution is 6.14. The number of nitrogens with zero attached hydrogens (tertiary/aromatic N) is 3. The summed E-state index contributed by atoms with van der Waals surface area (Å²) >= 11 is 0. The van der Waals surface area contributed by atoms with E-state index >= 15 is 4.39 Å². The van der Waals surface area contributed by atoms with Crippen molar-refractivity contribution in [1.29, 1.82) is 0 Å². The molecule has 0 aromatic heterocycles. The molecule has 2 aliphatic rings. The summed E-state index contributed by atoms with van der Waals surface area (Å²) in [4.78, 5) is 61.1. The van der Waals surface area contributed by atoms with Crippen LogP contribution in [0.5, 0.6) is 0 Å². The first-order chi connectivity index (χ1) is 22.6. The molecular weight excluding hydrogens is 615 g/mol. The predicted octanol–water partition coefficient (Wildman–Crippen LogP) is 2.50. The first-order valence-corrected chi connectivity index (χ1v) is 17.0. The Kier molecular flexibility index (Phi) is 13.7. The number of aliphatic imine (C=N–C) groups is 1. The van der Waals surface area contributed by atoms with Crippen LogP contribution < -0.4 is 27.4 Å². The van der Waals surface area contributed by atoms with Crippen LogP contribution in [0, 0.1) is 17.7 Å². The van der Waals surface area contributed by atoms with E-state index in [-0.39, 0.29) is 41.1 Å². The van der Waals surface area contributed by atoms with Gasteiger partial charge in [-0.15, -0.1) is 0 Å². The lowest BCUT2D eigenvalue weighted by molar-refractivity contribution is -0.138. The van der Waals surface area contributed by atoms with E-state index in [1.54, 1.807) is 38.7 Å². The Balaban J connectivity index is 1.86. The summed E-state index contributed by atoms with van der Waals surface area (Å²) in [7, 11) is 3.50. The Morgan fingerprint density at radius 2 is 1.71 bits per heavy atom. The van der Waals surface area contributed by atoms with E-state index in [1.165, 1.54) is 25.4 Å². The Morgan fingerprint density at radius 1 is 1.08 bits per heavy atom. The van der Waals surface area contributed by atoms with Crippen LogP contribution in [0.15, 0.2) is 34.5 Å². The lowest BCUT2D eigenvalue weighted by Gasteiger charge is -2.36. The molecule has 0 radical (unpaired) electrons. The fourth-order valence-electron chi connectivity index (χ4n) is 6.18. The summed E-state index contributed by atoms with van der Waals surface area (Å²) in [5.41, 5.74) is 12.0. The number of carbonyl (C=O) groups excluding carboxylic acids is 4. The van der Waals surface area contributed by atoms with Gasteiger partial charge in [0.05, 0.1) is 16.8 Å². The number of piperazine rings is 1. The molecule has 1 aliphatic heterocycles. The maximum absolute atomic E-state index is 15.7. The number of nitrogens with two attached hydrogens (primary N) is 2. The first-order valence-electron chi connectivity index (χ1n) is 17.0. The number of likely N-dealkylation sites (N-methyl/N-ethyl adjacent to an activating group) is 1. The van der Waals surface area contributed by atoms with Gasteiger partial charge in [0.2, 0.25) is 17.7 Å². The van der Waals surface area contributed by atoms with Gasteiger partial charge in [0, 0.05) is 57.5 Å². The molecule has 4 amide bonds. The average Bonchev–Trinajstić information content (AvgIpc) is 3.05. The molecule has 0 spiro atoms. The molecule has 3 atom stereocenters. The van der Waals surface area contributed by atoms with Crippen molar-refractivity contribution in [3.05, 3.63) is 40.8 Å². The fraction of sp³-hybridized carbons (Fsp3) is 0.629. The van der Waals surface area contributed by atoms with Gasteiger partial charge in [0.15, 0.2) is 0 Å². The van der Waals surface area contributed by atoms with Gasteiger partial charge in [0.25, 0.3) is 5.91 Å². The van der Waals surface area contributed by atoms with Gasteiger partial charge < -0.3 is 37.2 Å². The third-order valence-electron chi connectivity index (χ3n) is 9.58. The number of amides is 4. The van der Waals surface area contributed by atoms with Gasteiger partial charge >= 0.3 is 0 Å². The second-order valence-corrected chi connectivity index (χ2v) is 14.0. The SMILES string of the molecule is CCC(=O)N[C@@H](C(=O)N1CCN(C)CC1)[C@@H](C)c1ccc(NC(=O)[C@@H](NC(=O)C(C=NC)=C(N)C(C)(C)N)C2CCC(C)CC2)c(F)c1. The lowest BCUT2D eigenvalue weighted by Crippen LogP contribution is -2.55. The minimum Gasteiger partial charge on any atom is -0.400 e. The van der Waals surface area contributed by atoms with E-state index in [2.05, 4.69) is 32.8 Å². The van der Waals surface area contributed by atoms with Crippen molar-refractivity contribution < 1.29 is 23.6 Å². The summed E-state index contributed by atoms with van der Waals surface area (Å²) in [6.45, 7) is 11.5. The van der Waals surface area contributed by atoms with Crippen LogP contribution in [0.2, 0.25) is 0 Å². The van der Waals surface area contributed by atoms with E-state index in [0.717, 1.165) is 25.9 Å². The number of benzene rings is 1. The van der Waals surface area contributed by atoms with Crippen LogP contribution in [-0.2, 0) is 19.2 Å². The van der Waals surface area contributed by atoms with Crippen molar-refractivity contribution in [2.45, 2.75) is 90.3 Å². The lowest BCUT2D eigenvalue weighted by atomic mass is 9.79. The van der Waals surface area contributed by atoms with Gasteiger partial charge in [-0.25, -0.2) is 4.39 Å². The van der Waals surface area contributed by atoms with Crippen LogP contribution in [0.4, 0.5) is 10.1 Å². The van der Waals surface area contributed by atoms with Crippen LogP contribution in [0.3, 0.4) is 0 Å². The number of anilines is 1. The molecule has 12 nitrogen and oxygen atoms in total. The molecule has 266 valence electrons. The van der Waals surface area contributed by atoms with Gasteiger partial charge in [0.1, 0.15) is 17.9 Å². The second kappa shape index (κ2) is 17.0. The van der Waals surface area contributed by atoms with Crippen molar-refractivity contribution in [2.24, 2.45) is 28.3 Å². The van der Waals surface area contributed by atoms with Crippen molar-refractivity contribution in [3.63, 3.8) is 0 Å². The number of hydrogen-bond donors (Lipinski definition) is 5. The topological polar surface area (TPSA) is 175 Å².